The molecule has 0 N–H and O–H groups in total. The van der Waals surface area contributed by atoms with E-state index in [0.29, 0.717) is 34.5 Å². The van der Waals surface area contributed by atoms with Gasteiger partial charge in [0.05, 0.1) is 28.4 Å². The minimum absolute atomic E-state index is 0.516. The average Bonchev–Trinajstić information content (AvgIpc) is 2.55. The third-order valence-electron chi connectivity index (χ3n) is 3.21. The number of hydrogen-bond acceptors (Lipinski definition) is 5. The Labute approximate surface area is 130 Å². The van der Waals surface area contributed by atoms with Gasteiger partial charge in [0.15, 0.2) is 34.5 Å². The molecule has 0 aliphatic carbocycles. The van der Waals surface area contributed by atoms with E-state index in [2.05, 4.69) is 0 Å². The number of benzene rings is 2. The first-order chi connectivity index (χ1) is 10.6. The molecule has 0 aromatic heterocycles. The second kappa shape index (κ2) is 6.93. The third kappa shape index (κ3) is 3.19. The van der Waals surface area contributed by atoms with Crippen molar-refractivity contribution in [3.05, 3.63) is 35.9 Å². The first-order valence-corrected chi connectivity index (χ1v) is 6.75. The summed E-state index contributed by atoms with van der Waals surface area (Å²) in [5, 5.41) is 0. The lowest BCUT2D eigenvalue weighted by Gasteiger charge is -2.16. The highest BCUT2D eigenvalue weighted by molar-refractivity contribution is 5.56. The van der Waals surface area contributed by atoms with Crippen molar-refractivity contribution in [3.8, 4) is 34.5 Å². The van der Waals surface area contributed by atoms with Crippen LogP contribution in [0.5, 0.6) is 34.5 Å². The lowest BCUT2D eigenvalue weighted by Crippen LogP contribution is -1.97. The first-order valence-electron chi connectivity index (χ1n) is 6.75. The van der Waals surface area contributed by atoms with Crippen LogP contribution in [0.2, 0.25) is 0 Å². The summed E-state index contributed by atoms with van der Waals surface area (Å²) >= 11 is 0. The molecule has 0 aliphatic rings. The highest BCUT2D eigenvalue weighted by Crippen LogP contribution is 2.43. The van der Waals surface area contributed by atoms with Crippen LogP contribution in [0.3, 0.4) is 0 Å². The van der Waals surface area contributed by atoms with E-state index in [1.807, 2.05) is 25.1 Å². The lowest BCUT2D eigenvalue weighted by molar-refractivity contribution is 0.333. The first kappa shape index (κ1) is 15.8. The van der Waals surface area contributed by atoms with Gasteiger partial charge in [0.25, 0.3) is 0 Å². The molecule has 0 heterocycles. The Balaban J connectivity index is 2.44. The second-order valence-corrected chi connectivity index (χ2v) is 4.61. The van der Waals surface area contributed by atoms with E-state index in [9.17, 15) is 0 Å². The molecular formula is C17H20O5. The Morgan fingerprint density at radius 1 is 0.545 bits per heavy atom. The summed E-state index contributed by atoms with van der Waals surface area (Å²) in [7, 11) is 6.31. The zero-order chi connectivity index (χ0) is 16.1. The van der Waals surface area contributed by atoms with Crippen LogP contribution < -0.4 is 23.7 Å². The summed E-state index contributed by atoms with van der Waals surface area (Å²) < 4.78 is 27.2. The molecule has 5 heteroatoms. The summed E-state index contributed by atoms with van der Waals surface area (Å²) in [5.74, 6) is 3.44. The van der Waals surface area contributed by atoms with E-state index in [4.69, 9.17) is 23.7 Å². The van der Waals surface area contributed by atoms with E-state index in [1.54, 1.807) is 40.6 Å². The molecule has 0 fully saturated rings. The zero-order valence-corrected chi connectivity index (χ0v) is 13.4. The molecule has 0 bridgehead atoms. The molecule has 2 aromatic carbocycles. The third-order valence-corrected chi connectivity index (χ3v) is 3.21. The standard InChI is InChI=1S/C17H20O5/c1-11-6-7-12(13(8-11)18-2)22-17-10-15(20-4)14(19-3)9-16(17)21-5/h6-10H,1-5H3. The predicted molar refractivity (Wildman–Crippen MR) is 83.9 cm³/mol. The van der Waals surface area contributed by atoms with E-state index in [0.717, 1.165) is 5.56 Å². The van der Waals surface area contributed by atoms with Crippen molar-refractivity contribution in [2.75, 3.05) is 28.4 Å². The molecule has 0 amide bonds. The van der Waals surface area contributed by atoms with Crippen molar-refractivity contribution in [3.63, 3.8) is 0 Å². The smallest absolute Gasteiger partial charge is 0.173 e. The lowest BCUT2D eigenvalue weighted by atomic mass is 10.2. The van der Waals surface area contributed by atoms with Crippen LogP contribution >= 0.6 is 0 Å². The molecule has 22 heavy (non-hydrogen) atoms. The van der Waals surface area contributed by atoms with Gasteiger partial charge in [-0.2, -0.15) is 0 Å². The fourth-order valence-electron chi connectivity index (χ4n) is 2.06. The van der Waals surface area contributed by atoms with Gasteiger partial charge in [-0.1, -0.05) is 6.07 Å². The normalized spacial score (nSPS) is 10.0. The number of aryl methyl sites for hydroxylation is 1. The molecule has 0 radical (unpaired) electrons. The van der Waals surface area contributed by atoms with E-state index < -0.39 is 0 Å². The number of ether oxygens (including phenoxy) is 5. The van der Waals surface area contributed by atoms with E-state index >= 15 is 0 Å². The van der Waals surface area contributed by atoms with Crippen molar-refractivity contribution in [1.82, 2.24) is 0 Å². The van der Waals surface area contributed by atoms with Gasteiger partial charge in [0.2, 0.25) is 0 Å². The number of rotatable bonds is 6. The summed E-state index contributed by atoms with van der Waals surface area (Å²) in [6.07, 6.45) is 0. The van der Waals surface area contributed by atoms with Gasteiger partial charge in [0, 0.05) is 12.1 Å². The van der Waals surface area contributed by atoms with Crippen molar-refractivity contribution >= 4 is 0 Å². The molecule has 0 spiro atoms. The fourth-order valence-corrected chi connectivity index (χ4v) is 2.06. The zero-order valence-electron chi connectivity index (χ0n) is 13.4. The van der Waals surface area contributed by atoms with Gasteiger partial charge in [0.1, 0.15) is 0 Å². The molecule has 118 valence electrons. The Hall–Kier alpha value is -2.56. The molecule has 0 atom stereocenters. The largest absolute Gasteiger partial charge is 0.493 e. The molecule has 0 saturated heterocycles. The van der Waals surface area contributed by atoms with Crippen LogP contribution in [0.4, 0.5) is 0 Å². The molecule has 0 unspecified atom stereocenters. The van der Waals surface area contributed by atoms with Crippen LogP contribution in [-0.2, 0) is 0 Å². The Morgan fingerprint density at radius 2 is 1.00 bits per heavy atom. The Bertz CT molecular complexity index is 652. The van der Waals surface area contributed by atoms with E-state index in [-0.39, 0.29) is 0 Å². The molecule has 5 nitrogen and oxygen atoms in total. The fraction of sp³-hybridized carbons (Fsp3) is 0.294. The maximum absolute atomic E-state index is 5.93. The van der Waals surface area contributed by atoms with Gasteiger partial charge in [-0.3, -0.25) is 0 Å². The van der Waals surface area contributed by atoms with Gasteiger partial charge < -0.3 is 23.7 Å². The van der Waals surface area contributed by atoms with Crippen molar-refractivity contribution in [2.45, 2.75) is 6.92 Å². The summed E-state index contributed by atoms with van der Waals surface area (Å²) in [4.78, 5) is 0. The molecule has 2 rings (SSSR count). The number of methoxy groups -OCH3 is 4. The van der Waals surface area contributed by atoms with Crippen LogP contribution in [0.15, 0.2) is 30.3 Å². The van der Waals surface area contributed by atoms with Gasteiger partial charge in [-0.15, -0.1) is 0 Å². The molecule has 0 saturated carbocycles. The summed E-state index contributed by atoms with van der Waals surface area (Å²) in [5.41, 5.74) is 1.09. The second-order valence-electron chi connectivity index (χ2n) is 4.61. The highest BCUT2D eigenvalue weighted by Gasteiger charge is 2.15. The van der Waals surface area contributed by atoms with Crippen LogP contribution in [0, 0.1) is 6.92 Å². The quantitative estimate of drug-likeness (QED) is 0.812. The minimum atomic E-state index is 0.516. The predicted octanol–water partition coefficient (Wildman–Crippen LogP) is 3.82. The Kier molecular flexibility index (Phi) is 4.99. The van der Waals surface area contributed by atoms with Crippen molar-refractivity contribution < 1.29 is 23.7 Å². The van der Waals surface area contributed by atoms with Crippen molar-refractivity contribution in [1.29, 1.82) is 0 Å². The van der Waals surface area contributed by atoms with Gasteiger partial charge >= 0.3 is 0 Å². The van der Waals surface area contributed by atoms with Crippen LogP contribution in [0.1, 0.15) is 5.56 Å². The average molecular weight is 304 g/mol. The maximum Gasteiger partial charge on any atom is 0.173 e. The molecule has 2 aromatic rings. The maximum atomic E-state index is 5.93. The summed E-state index contributed by atoms with van der Waals surface area (Å²) in [6.45, 7) is 1.99. The van der Waals surface area contributed by atoms with Gasteiger partial charge in [-0.25, -0.2) is 0 Å². The SMILES string of the molecule is COc1cc(OC)c(Oc2ccc(C)cc2OC)cc1OC. The monoisotopic (exact) mass is 304 g/mol. The summed E-state index contributed by atoms with van der Waals surface area (Å²) in [6, 6.07) is 9.14. The minimum Gasteiger partial charge on any atom is -0.493 e. The topological polar surface area (TPSA) is 46.2 Å². The van der Waals surface area contributed by atoms with E-state index in [1.165, 1.54) is 0 Å². The molecular weight excluding hydrogens is 284 g/mol. The Morgan fingerprint density at radius 3 is 1.55 bits per heavy atom. The van der Waals surface area contributed by atoms with Crippen LogP contribution in [0.25, 0.3) is 0 Å². The van der Waals surface area contributed by atoms with Gasteiger partial charge in [-0.05, 0) is 24.6 Å². The highest BCUT2D eigenvalue weighted by atomic mass is 16.5. The number of hydrogen-bond donors (Lipinski definition) is 0. The van der Waals surface area contributed by atoms with Crippen LogP contribution in [-0.4, -0.2) is 28.4 Å². The molecule has 0 aliphatic heterocycles. The van der Waals surface area contributed by atoms with Crippen molar-refractivity contribution in [2.24, 2.45) is 0 Å².